The Balaban J connectivity index is 1.34. The molecule has 1 saturated heterocycles. The van der Waals surface area contributed by atoms with Gasteiger partial charge in [0.1, 0.15) is 11.6 Å². The molecule has 2 aliphatic rings. The number of benzene rings is 1. The van der Waals surface area contributed by atoms with Crippen molar-refractivity contribution >= 4 is 11.7 Å². The third-order valence-corrected chi connectivity index (χ3v) is 6.37. The maximum Gasteiger partial charge on any atom is 0.410 e. The van der Waals surface area contributed by atoms with E-state index in [1.807, 2.05) is 0 Å². The Hall–Kier alpha value is -2.58. The summed E-state index contributed by atoms with van der Waals surface area (Å²) >= 11 is 0. The van der Waals surface area contributed by atoms with Gasteiger partial charge >= 0.3 is 6.18 Å². The number of piperidine rings is 1. The summed E-state index contributed by atoms with van der Waals surface area (Å²) in [6, 6.07) is 6.10. The highest BCUT2D eigenvalue weighted by molar-refractivity contribution is 5.76. The van der Waals surface area contributed by atoms with Crippen LogP contribution < -0.4 is 5.32 Å². The van der Waals surface area contributed by atoms with Crippen LogP contribution in [0.2, 0.25) is 0 Å². The van der Waals surface area contributed by atoms with Gasteiger partial charge in [-0.25, -0.2) is 9.07 Å². The predicted octanol–water partition coefficient (Wildman–Crippen LogP) is 4.49. The highest BCUT2D eigenvalue weighted by atomic mass is 19.4. The number of nitrogens with zero attached hydrogens (tertiary/aromatic N) is 3. The summed E-state index contributed by atoms with van der Waals surface area (Å²) in [7, 11) is 0. The first kappa shape index (κ1) is 21.6. The first-order valence-electron chi connectivity index (χ1n) is 10.6. The summed E-state index contributed by atoms with van der Waals surface area (Å²) in [4.78, 5) is 14.3. The lowest BCUT2D eigenvalue weighted by Gasteiger charge is -2.41. The van der Waals surface area contributed by atoms with Crippen molar-refractivity contribution in [3.63, 3.8) is 0 Å². The second-order valence-corrected chi connectivity index (χ2v) is 8.47. The van der Waals surface area contributed by atoms with E-state index in [9.17, 15) is 22.4 Å². The molecule has 0 saturated carbocycles. The van der Waals surface area contributed by atoms with Crippen molar-refractivity contribution in [1.29, 1.82) is 0 Å². The van der Waals surface area contributed by atoms with E-state index in [4.69, 9.17) is 0 Å². The molecule has 0 bridgehead atoms. The number of anilines is 1. The van der Waals surface area contributed by atoms with E-state index in [2.05, 4.69) is 10.4 Å². The van der Waals surface area contributed by atoms with Crippen molar-refractivity contribution in [2.45, 2.75) is 57.3 Å². The van der Waals surface area contributed by atoms with Crippen molar-refractivity contribution < 1.29 is 22.4 Å². The second kappa shape index (κ2) is 8.51. The van der Waals surface area contributed by atoms with E-state index < -0.39 is 12.2 Å². The topological polar surface area (TPSA) is 50.2 Å². The number of amides is 1. The number of halogens is 4. The molecule has 2 aliphatic heterocycles. The van der Waals surface area contributed by atoms with Gasteiger partial charge in [0.05, 0.1) is 5.69 Å². The Labute approximate surface area is 178 Å². The molecule has 1 aromatic heterocycles. The lowest BCUT2D eigenvalue weighted by molar-refractivity contribution is -0.174. The highest BCUT2D eigenvalue weighted by Gasteiger charge is 2.47. The smallest absolute Gasteiger partial charge is 0.367 e. The fourth-order valence-electron chi connectivity index (χ4n) is 4.69. The number of likely N-dealkylation sites (tertiary alicyclic amines) is 1. The first-order chi connectivity index (χ1) is 14.7. The third kappa shape index (κ3) is 4.70. The van der Waals surface area contributed by atoms with Gasteiger partial charge in [-0.1, -0.05) is 18.2 Å². The summed E-state index contributed by atoms with van der Waals surface area (Å²) in [6.07, 6.45) is -2.59. The molecule has 2 atom stereocenters. The van der Waals surface area contributed by atoms with Crippen LogP contribution in [-0.2, 0) is 11.2 Å². The number of aryl methyl sites for hydroxylation is 2. The van der Waals surface area contributed by atoms with Crippen LogP contribution in [0.25, 0.3) is 0 Å². The molecule has 0 spiro atoms. The van der Waals surface area contributed by atoms with Crippen LogP contribution in [0, 0.1) is 18.7 Å². The molecule has 0 aliphatic carbocycles. The molecule has 1 aromatic carbocycles. The highest BCUT2D eigenvalue weighted by Crippen LogP contribution is 2.42. The number of hydrogen-bond donors (Lipinski definition) is 1. The molecule has 168 valence electrons. The van der Waals surface area contributed by atoms with Crippen LogP contribution in [-0.4, -0.2) is 45.9 Å². The lowest BCUT2D eigenvalue weighted by Crippen LogP contribution is -2.47. The minimum absolute atomic E-state index is 0.0415. The maximum atomic E-state index is 13.7. The monoisotopic (exact) mass is 438 g/mol. The van der Waals surface area contributed by atoms with Crippen LogP contribution in [0.1, 0.15) is 43.0 Å². The van der Waals surface area contributed by atoms with Crippen LogP contribution >= 0.6 is 0 Å². The van der Waals surface area contributed by atoms with E-state index in [0.29, 0.717) is 49.4 Å². The summed E-state index contributed by atoms with van der Waals surface area (Å²) in [6.45, 7) is 2.70. The van der Waals surface area contributed by atoms with E-state index in [1.54, 1.807) is 36.1 Å². The van der Waals surface area contributed by atoms with Crippen LogP contribution in [0.15, 0.2) is 30.3 Å². The number of fused-ring (bicyclic) bond motifs is 1. The Morgan fingerprint density at radius 1 is 1.23 bits per heavy atom. The average Bonchev–Trinajstić information content (AvgIpc) is 3.11. The molecule has 0 unspecified atom stereocenters. The van der Waals surface area contributed by atoms with Crippen LogP contribution in [0.5, 0.6) is 0 Å². The summed E-state index contributed by atoms with van der Waals surface area (Å²) in [5.41, 5.74) is 1.06. The number of aromatic nitrogens is 2. The van der Waals surface area contributed by atoms with Crippen LogP contribution in [0.4, 0.5) is 23.4 Å². The second-order valence-electron chi connectivity index (χ2n) is 8.47. The molecular formula is C22H26F4N4O. The third-order valence-electron chi connectivity index (χ3n) is 6.37. The van der Waals surface area contributed by atoms with Gasteiger partial charge in [-0.15, -0.1) is 0 Å². The Kier molecular flexibility index (Phi) is 5.94. The van der Waals surface area contributed by atoms with Gasteiger partial charge in [0.2, 0.25) is 5.91 Å². The molecule has 3 heterocycles. The van der Waals surface area contributed by atoms with E-state index >= 15 is 0 Å². The van der Waals surface area contributed by atoms with E-state index in [-0.39, 0.29) is 36.5 Å². The number of carbonyl (C=O) groups excluding carboxylic acids is 1. The molecule has 0 radical (unpaired) electrons. The average molecular weight is 438 g/mol. The Bertz CT molecular complexity index is 934. The standard InChI is InChI=1S/C22H26F4N4O/c1-14-12-20-27-18(13-19(22(24,25)26)30(20)28-14)16-8-10-29(11-9-16)21(31)7-6-15-4-2-3-5-17(15)23/h2-5,12,16,18-19,27H,6-11,13H2,1H3/t18-,19+/m0/s1. The number of nitrogens with one attached hydrogen (secondary N) is 1. The Morgan fingerprint density at radius 3 is 2.61 bits per heavy atom. The zero-order chi connectivity index (χ0) is 22.2. The predicted molar refractivity (Wildman–Crippen MR) is 108 cm³/mol. The normalized spacial score (nSPS) is 22.2. The van der Waals surface area contributed by atoms with E-state index in [0.717, 1.165) is 4.68 Å². The van der Waals surface area contributed by atoms with Gasteiger partial charge in [-0.2, -0.15) is 18.3 Å². The van der Waals surface area contributed by atoms with Gasteiger partial charge in [-0.05, 0) is 50.2 Å². The SMILES string of the molecule is Cc1cc2n(n1)[C@@H](C(F)(F)F)C[C@@H](C1CCN(C(=O)CCc3ccccc3F)CC1)N2. The molecule has 4 rings (SSSR count). The Morgan fingerprint density at radius 2 is 1.94 bits per heavy atom. The molecular weight excluding hydrogens is 412 g/mol. The largest absolute Gasteiger partial charge is 0.410 e. The molecule has 1 fully saturated rings. The molecule has 5 nitrogen and oxygen atoms in total. The first-order valence-corrected chi connectivity index (χ1v) is 10.6. The van der Waals surface area contributed by atoms with Crippen molar-refractivity contribution in [2.75, 3.05) is 18.4 Å². The quantitative estimate of drug-likeness (QED) is 0.716. The summed E-state index contributed by atoms with van der Waals surface area (Å²) < 4.78 is 55.7. The van der Waals surface area contributed by atoms with Gasteiger partial charge < -0.3 is 10.2 Å². The lowest BCUT2D eigenvalue weighted by atomic mass is 9.84. The van der Waals surface area contributed by atoms with Crippen LogP contribution in [0.3, 0.4) is 0 Å². The maximum absolute atomic E-state index is 13.7. The number of rotatable bonds is 4. The fraction of sp³-hybridized carbons (Fsp3) is 0.545. The van der Waals surface area contributed by atoms with Crippen molar-refractivity contribution in [2.24, 2.45) is 5.92 Å². The summed E-state index contributed by atoms with van der Waals surface area (Å²) in [5.74, 6) is 0.0927. The molecule has 31 heavy (non-hydrogen) atoms. The molecule has 9 heteroatoms. The minimum atomic E-state index is -4.36. The molecule has 1 amide bonds. The molecule has 1 N–H and O–H groups in total. The number of carbonyl (C=O) groups is 1. The summed E-state index contributed by atoms with van der Waals surface area (Å²) in [5, 5.41) is 7.26. The zero-order valence-corrected chi connectivity index (χ0v) is 17.3. The van der Waals surface area contributed by atoms with E-state index in [1.165, 1.54) is 6.07 Å². The number of hydrogen-bond acceptors (Lipinski definition) is 3. The van der Waals surface area contributed by atoms with Gasteiger partial charge in [0.25, 0.3) is 0 Å². The van der Waals surface area contributed by atoms with Crippen molar-refractivity contribution in [3.05, 3.63) is 47.4 Å². The fourth-order valence-corrected chi connectivity index (χ4v) is 4.69. The van der Waals surface area contributed by atoms with Crippen molar-refractivity contribution in [3.8, 4) is 0 Å². The van der Waals surface area contributed by atoms with Crippen molar-refractivity contribution in [1.82, 2.24) is 14.7 Å². The minimum Gasteiger partial charge on any atom is -0.367 e. The number of alkyl halides is 3. The molecule has 2 aromatic rings. The van der Waals surface area contributed by atoms with Gasteiger partial charge in [-0.3, -0.25) is 4.79 Å². The zero-order valence-electron chi connectivity index (χ0n) is 17.3. The van der Waals surface area contributed by atoms with Gasteiger partial charge in [0, 0.05) is 31.6 Å². The van der Waals surface area contributed by atoms with Gasteiger partial charge in [0.15, 0.2) is 6.04 Å².